The second-order valence-corrected chi connectivity index (χ2v) is 6.54. The summed E-state index contributed by atoms with van der Waals surface area (Å²) in [6.07, 6.45) is 1.11. The number of carbonyl (C=O) groups excluding carboxylic acids is 2. The van der Waals surface area contributed by atoms with E-state index in [0.29, 0.717) is 19.6 Å². The molecule has 1 aromatic carbocycles. The molecule has 2 aliphatic heterocycles. The van der Waals surface area contributed by atoms with Crippen LogP contribution in [0.3, 0.4) is 0 Å². The molecular formula is C18H21N5O2. The fourth-order valence-electron chi connectivity index (χ4n) is 3.66. The number of hydrogen-bond donors (Lipinski definition) is 0. The van der Waals surface area contributed by atoms with E-state index in [1.54, 1.807) is 4.90 Å². The van der Waals surface area contributed by atoms with Crippen LogP contribution in [0, 0.1) is 5.92 Å². The number of aromatic nitrogens is 3. The van der Waals surface area contributed by atoms with Gasteiger partial charge < -0.3 is 14.4 Å². The maximum atomic E-state index is 12.9. The van der Waals surface area contributed by atoms with Gasteiger partial charge in [0.2, 0.25) is 11.8 Å². The highest BCUT2D eigenvalue weighted by molar-refractivity contribution is 6.00. The van der Waals surface area contributed by atoms with Crippen molar-refractivity contribution in [3.63, 3.8) is 0 Å². The smallest absolute Gasteiger partial charge is 0.228 e. The summed E-state index contributed by atoms with van der Waals surface area (Å²) in [6.45, 7) is 4.34. The fraction of sp³-hybridized carbons (Fsp3) is 0.444. The Morgan fingerprint density at radius 2 is 2.00 bits per heavy atom. The molecule has 1 fully saturated rings. The lowest BCUT2D eigenvalue weighted by molar-refractivity contribution is -0.137. The highest BCUT2D eigenvalue weighted by Crippen LogP contribution is 2.27. The molecule has 0 unspecified atom stereocenters. The highest BCUT2D eigenvalue weighted by Gasteiger charge is 2.38. The first kappa shape index (κ1) is 15.8. The molecule has 0 spiro atoms. The van der Waals surface area contributed by atoms with Crippen molar-refractivity contribution in [1.82, 2.24) is 19.7 Å². The zero-order valence-electron chi connectivity index (χ0n) is 14.3. The standard InChI is InChI=1S/C18H21N5O2/c1-2-15-19-20-16-12-21(8-9-22(15)16)18(25)13-10-17(24)23(11-13)14-6-4-3-5-7-14/h3-7,13H,2,8-12H2,1H3/t13-/m1/s1. The van der Waals surface area contributed by atoms with Crippen LogP contribution in [0.1, 0.15) is 25.0 Å². The van der Waals surface area contributed by atoms with E-state index in [2.05, 4.69) is 21.7 Å². The molecule has 2 aliphatic rings. The normalized spacial score (nSPS) is 20.0. The zero-order valence-corrected chi connectivity index (χ0v) is 14.3. The fourth-order valence-corrected chi connectivity index (χ4v) is 3.66. The van der Waals surface area contributed by atoms with Gasteiger partial charge in [-0.15, -0.1) is 10.2 Å². The van der Waals surface area contributed by atoms with Crippen LogP contribution in [-0.2, 0) is 29.1 Å². The van der Waals surface area contributed by atoms with Crippen LogP contribution in [0.15, 0.2) is 30.3 Å². The van der Waals surface area contributed by atoms with Crippen molar-refractivity contribution < 1.29 is 9.59 Å². The number of amides is 2. The lowest BCUT2D eigenvalue weighted by atomic mass is 10.1. The average molecular weight is 339 g/mol. The summed E-state index contributed by atoms with van der Waals surface area (Å²) in [5, 5.41) is 8.39. The van der Waals surface area contributed by atoms with Crippen molar-refractivity contribution in [2.75, 3.05) is 18.0 Å². The summed E-state index contributed by atoms with van der Waals surface area (Å²) >= 11 is 0. The molecule has 0 N–H and O–H groups in total. The van der Waals surface area contributed by atoms with Crippen LogP contribution in [0.2, 0.25) is 0 Å². The summed E-state index contributed by atoms with van der Waals surface area (Å²) in [6, 6.07) is 9.53. The van der Waals surface area contributed by atoms with Gasteiger partial charge in [0, 0.05) is 38.2 Å². The van der Waals surface area contributed by atoms with Gasteiger partial charge in [-0.2, -0.15) is 0 Å². The SMILES string of the molecule is CCc1nnc2n1CCN(C(=O)[C@@H]1CC(=O)N(c3ccccc3)C1)C2. The van der Waals surface area contributed by atoms with Gasteiger partial charge in [0.25, 0.3) is 0 Å². The summed E-state index contributed by atoms with van der Waals surface area (Å²) < 4.78 is 2.10. The van der Waals surface area contributed by atoms with Gasteiger partial charge in [-0.3, -0.25) is 9.59 Å². The van der Waals surface area contributed by atoms with Crippen LogP contribution >= 0.6 is 0 Å². The van der Waals surface area contributed by atoms with Gasteiger partial charge in [-0.1, -0.05) is 25.1 Å². The number of aryl methyl sites for hydroxylation is 1. The van der Waals surface area contributed by atoms with Gasteiger partial charge in [-0.25, -0.2) is 0 Å². The van der Waals surface area contributed by atoms with Gasteiger partial charge in [0.1, 0.15) is 5.82 Å². The Morgan fingerprint density at radius 3 is 2.76 bits per heavy atom. The Kier molecular flexibility index (Phi) is 3.99. The Balaban J connectivity index is 1.46. The van der Waals surface area contributed by atoms with Crippen LogP contribution in [0.5, 0.6) is 0 Å². The van der Waals surface area contributed by atoms with Crippen molar-refractivity contribution in [3.8, 4) is 0 Å². The molecule has 0 saturated carbocycles. The van der Waals surface area contributed by atoms with E-state index in [4.69, 9.17) is 0 Å². The summed E-state index contributed by atoms with van der Waals surface area (Å²) in [7, 11) is 0. The largest absolute Gasteiger partial charge is 0.333 e. The topological polar surface area (TPSA) is 71.3 Å². The summed E-state index contributed by atoms with van der Waals surface area (Å²) in [5.41, 5.74) is 0.855. The lowest BCUT2D eigenvalue weighted by Gasteiger charge is -2.29. The van der Waals surface area contributed by atoms with Crippen LogP contribution in [0.4, 0.5) is 5.69 Å². The van der Waals surface area contributed by atoms with Crippen molar-refractivity contribution in [3.05, 3.63) is 42.0 Å². The van der Waals surface area contributed by atoms with Gasteiger partial charge in [0.05, 0.1) is 12.5 Å². The molecule has 1 saturated heterocycles. The molecule has 7 nitrogen and oxygen atoms in total. The number of benzene rings is 1. The molecule has 4 rings (SSSR count). The van der Waals surface area contributed by atoms with Crippen LogP contribution < -0.4 is 4.90 Å². The number of carbonyl (C=O) groups is 2. The minimum Gasteiger partial charge on any atom is -0.333 e. The highest BCUT2D eigenvalue weighted by atomic mass is 16.2. The molecule has 0 radical (unpaired) electrons. The third-order valence-corrected chi connectivity index (χ3v) is 5.00. The average Bonchev–Trinajstić information content (AvgIpc) is 3.24. The molecule has 25 heavy (non-hydrogen) atoms. The summed E-state index contributed by atoms with van der Waals surface area (Å²) in [5.74, 6) is 1.57. The second-order valence-electron chi connectivity index (χ2n) is 6.54. The molecule has 0 bridgehead atoms. The molecule has 0 aliphatic carbocycles. The van der Waals surface area contributed by atoms with E-state index in [-0.39, 0.29) is 24.2 Å². The monoisotopic (exact) mass is 339 g/mol. The van der Waals surface area contributed by atoms with Gasteiger partial charge in [0.15, 0.2) is 5.82 Å². The van der Waals surface area contributed by atoms with E-state index in [0.717, 1.165) is 30.3 Å². The molecule has 1 atom stereocenters. The maximum Gasteiger partial charge on any atom is 0.228 e. The molecule has 3 heterocycles. The third kappa shape index (κ3) is 2.79. The van der Waals surface area contributed by atoms with Gasteiger partial charge >= 0.3 is 0 Å². The van der Waals surface area contributed by atoms with Crippen molar-refractivity contribution in [2.45, 2.75) is 32.9 Å². The number of rotatable bonds is 3. The van der Waals surface area contributed by atoms with Crippen molar-refractivity contribution in [1.29, 1.82) is 0 Å². The van der Waals surface area contributed by atoms with E-state index < -0.39 is 0 Å². The predicted molar refractivity (Wildman–Crippen MR) is 91.7 cm³/mol. The van der Waals surface area contributed by atoms with Crippen LogP contribution in [0.25, 0.3) is 0 Å². The van der Waals surface area contributed by atoms with Crippen molar-refractivity contribution >= 4 is 17.5 Å². The Labute approximate surface area is 146 Å². The Hall–Kier alpha value is -2.70. The predicted octanol–water partition coefficient (Wildman–Crippen LogP) is 1.24. The first-order valence-electron chi connectivity index (χ1n) is 8.72. The summed E-state index contributed by atoms with van der Waals surface area (Å²) in [4.78, 5) is 28.8. The molecule has 1 aromatic heterocycles. The number of anilines is 1. The molecular weight excluding hydrogens is 318 g/mol. The minimum atomic E-state index is -0.284. The van der Waals surface area contributed by atoms with Crippen molar-refractivity contribution in [2.24, 2.45) is 5.92 Å². The third-order valence-electron chi connectivity index (χ3n) is 5.00. The number of hydrogen-bond acceptors (Lipinski definition) is 4. The number of fused-ring (bicyclic) bond motifs is 1. The van der Waals surface area contributed by atoms with E-state index in [1.165, 1.54) is 0 Å². The first-order valence-corrected chi connectivity index (χ1v) is 8.72. The molecule has 2 amide bonds. The zero-order chi connectivity index (χ0) is 17.4. The second kappa shape index (κ2) is 6.31. The number of nitrogens with zero attached hydrogens (tertiary/aromatic N) is 5. The molecule has 130 valence electrons. The molecule has 7 heteroatoms. The Bertz CT molecular complexity index is 801. The molecule has 2 aromatic rings. The lowest BCUT2D eigenvalue weighted by Crippen LogP contribution is -2.42. The van der Waals surface area contributed by atoms with E-state index in [9.17, 15) is 9.59 Å². The van der Waals surface area contributed by atoms with E-state index >= 15 is 0 Å². The van der Waals surface area contributed by atoms with E-state index in [1.807, 2.05) is 35.2 Å². The van der Waals surface area contributed by atoms with Gasteiger partial charge in [-0.05, 0) is 12.1 Å². The maximum absolute atomic E-state index is 12.9. The quantitative estimate of drug-likeness (QED) is 0.843. The first-order chi connectivity index (χ1) is 12.2. The minimum absolute atomic E-state index is 0.0120. The Morgan fingerprint density at radius 1 is 1.20 bits per heavy atom. The van der Waals surface area contributed by atoms with Crippen LogP contribution in [-0.4, -0.2) is 44.6 Å². The number of para-hydroxylation sites is 1.